The minimum absolute atomic E-state index is 0.0896. The van der Waals surface area contributed by atoms with Gasteiger partial charge < -0.3 is 15.3 Å². The van der Waals surface area contributed by atoms with Crippen LogP contribution in [0.4, 0.5) is 19.3 Å². The van der Waals surface area contributed by atoms with Crippen molar-refractivity contribution in [1.29, 1.82) is 0 Å². The Balaban J connectivity index is 1.92. The van der Waals surface area contributed by atoms with Crippen molar-refractivity contribution in [3.63, 3.8) is 0 Å². The molecule has 0 aliphatic carbocycles. The summed E-state index contributed by atoms with van der Waals surface area (Å²) >= 11 is 5.95. The maximum atomic E-state index is 14.1. The lowest BCUT2D eigenvalue weighted by Gasteiger charge is -2.37. The zero-order chi connectivity index (χ0) is 18.1. The van der Waals surface area contributed by atoms with Crippen LogP contribution >= 0.6 is 11.6 Å². The quantitative estimate of drug-likeness (QED) is 0.863. The van der Waals surface area contributed by atoms with Crippen molar-refractivity contribution in [2.45, 2.75) is 12.5 Å². The van der Waals surface area contributed by atoms with E-state index >= 15 is 0 Å². The summed E-state index contributed by atoms with van der Waals surface area (Å²) in [5, 5.41) is 11.9. The first kappa shape index (κ1) is 17.2. The van der Waals surface area contributed by atoms with Crippen LogP contribution in [-0.4, -0.2) is 34.6 Å². The molecule has 0 bridgehead atoms. The van der Waals surface area contributed by atoms with Crippen LogP contribution in [0, 0.1) is 11.6 Å². The molecule has 3 rings (SSSR count). The van der Waals surface area contributed by atoms with E-state index in [9.17, 15) is 18.4 Å². The molecule has 130 valence electrons. The van der Waals surface area contributed by atoms with Crippen LogP contribution in [-0.2, 0) is 4.79 Å². The number of nitrogens with one attached hydrogen (secondary N) is 1. The summed E-state index contributed by atoms with van der Waals surface area (Å²) in [6.45, 7) is 0.309. The van der Waals surface area contributed by atoms with Crippen molar-refractivity contribution in [3.05, 3.63) is 53.1 Å². The lowest BCUT2D eigenvalue weighted by molar-refractivity contribution is -0.145. The van der Waals surface area contributed by atoms with E-state index in [-0.39, 0.29) is 11.3 Å². The summed E-state index contributed by atoms with van der Waals surface area (Å²) in [5.74, 6) is -2.59. The number of likely N-dealkylation sites (tertiary alicyclic amines) is 1. The maximum Gasteiger partial charge on any atom is 0.326 e. The van der Waals surface area contributed by atoms with Crippen LogP contribution in [0.2, 0.25) is 5.02 Å². The molecule has 1 unspecified atom stereocenters. The average Bonchev–Trinajstić information content (AvgIpc) is 2.46. The molecule has 2 N–H and O–H groups in total. The van der Waals surface area contributed by atoms with Gasteiger partial charge in [0.15, 0.2) is 0 Å². The molecule has 1 fully saturated rings. The zero-order valence-corrected chi connectivity index (χ0v) is 13.6. The molecular weight excluding hydrogens is 354 g/mol. The zero-order valence-electron chi connectivity index (χ0n) is 12.8. The second kappa shape index (κ2) is 6.68. The first-order chi connectivity index (χ1) is 11.9. The predicted molar refractivity (Wildman–Crippen MR) is 88.6 cm³/mol. The van der Waals surface area contributed by atoms with E-state index < -0.39 is 29.7 Å². The van der Waals surface area contributed by atoms with Crippen LogP contribution in [0.5, 0.6) is 0 Å². The number of nitrogens with zero attached hydrogens (tertiary/aromatic N) is 1. The second-order valence-electron chi connectivity index (χ2n) is 5.58. The highest BCUT2D eigenvalue weighted by molar-refractivity contribution is 6.31. The van der Waals surface area contributed by atoms with Crippen LogP contribution in [0.3, 0.4) is 0 Å². The summed E-state index contributed by atoms with van der Waals surface area (Å²) in [5.41, 5.74) is 0.605. The molecule has 0 aromatic heterocycles. The summed E-state index contributed by atoms with van der Waals surface area (Å²) in [6.07, 6.45) is 0.373. The number of hydrogen-bond acceptors (Lipinski definition) is 2. The standard InChI is InChI=1S/C17H13ClF2N2O3/c18-9-1-3-12(11-4-2-10(19)8-13(11)20)14(7-9)21-17(25)22-6-5-15(22)16(23)24/h1-4,7-8,15H,5-6H2,(H,21,25)(H,23,24). The third-order valence-electron chi connectivity index (χ3n) is 4.01. The number of amides is 2. The van der Waals surface area contributed by atoms with Crippen molar-refractivity contribution >= 4 is 29.3 Å². The summed E-state index contributed by atoms with van der Waals surface area (Å²) in [4.78, 5) is 24.5. The molecule has 1 heterocycles. The van der Waals surface area contributed by atoms with Gasteiger partial charge in [-0.05, 0) is 30.7 Å². The summed E-state index contributed by atoms with van der Waals surface area (Å²) in [6, 6.07) is 6.04. The number of rotatable bonds is 3. The molecule has 2 amide bonds. The van der Waals surface area contributed by atoms with Crippen LogP contribution in [0.25, 0.3) is 11.1 Å². The Morgan fingerprint density at radius 3 is 2.48 bits per heavy atom. The molecule has 2 aromatic carbocycles. The number of carboxylic acids is 1. The Morgan fingerprint density at radius 2 is 1.88 bits per heavy atom. The third-order valence-corrected chi connectivity index (χ3v) is 4.25. The molecule has 1 aliphatic rings. The number of carboxylic acid groups (broad SMARTS) is 1. The first-order valence-electron chi connectivity index (χ1n) is 7.42. The fraction of sp³-hybridized carbons (Fsp3) is 0.176. The number of carbonyl (C=O) groups excluding carboxylic acids is 1. The van der Waals surface area contributed by atoms with Crippen LogP contribution in [0.1, 0.15) is 6.42 Å². The van der Waals surface area contributed by atoms with Crippen molar-refractivity contribution < 1.29 is 23.5 Å². The minimum atomic E-state index is -1.09. The average molecular weight is 367 g/mol. The predicted octanol–water partition coefficient (Wildman–Crippen LogP) is 3.98. The van der Waals surface area contributed by atoms with E-state index in [0.29, 0.717) is 23.6 Å². The topological polar surface area (TPSA) is 69.6 Å². The Kier molecular flexibility index (Phi) is 4.59. The SMILES string of the molecule is O=C(O)C1CCN1C(=O)Nc1cc(Cl)ccc1-c1ccc(F)cc1F. The van der Waals surface area contributed by atoms with E-state index in [0.717, 1.165) is 17.0 Å². The molecule has 5 nitrogen and oxygen atoms in total. The molecule has 1 atom stereocenters. The van der Waals surface area contributed by atoms with Gasteiger partial charge in [-0.2, -0.15) is 0 Å². The van der Waals surface area contributed by atoms with Gasteiger partial charge in [0.25, 0.3) is 0 Å². The monoisotopic (exact) mass is 366 g/mol. The van der Waals surface area contributed by atoms with Gasteiger partial charge in [0.1, 0.15) is 17.7 Å². The van der Waals surface area contributed by atoms with Crippen molar-refractivity contribution in [2.75, 3.05) is 11.9 Å². The maximum absolute atomic E-state index is 14.1. The smallest absolute Gasteiger partial charge is 0.326 e. The number of hydrogen-bond donors (Lipinski definition) is 2. The highest BCUT2D eigenvalue weighted by Crippen LogP contribution is 2.33. The first-order valence-corrected chi connectivity index (χ1v) is 7.80. The van der Waals surface area contributed by atoms with Crippen LogP contribution in [0.15, 0.2) is 36.4 Å². The molecule has 2 aromatic rings. The van der Waals surface area contributed by atoms with E-state index in [1.165, 1.54) is 24.3 Å². The number of aliphatic carboxylic acids is 1. The Morgan fingerprint density at radius 1 is 1.16 bits per heavy atom. The van der Waals surface area contributed by atoms with Crippen LogP contribution < -0.4 is 5.32 Å². The van der Waals surface area contributed by atoms with Crippen molar-refractivity contribution in [2.24, 2.45) is 0 Å². The van der Waals surface area contributed by atoms with Gasteiger partial charge in [0.05, 0.1) is 5.69 Å². The number of urea groups is 1. The molecular formula is C17H13ClF2N2O3. The lowest BCUT2D eigenvalue weighted by atomic mass is 10.0. The number of carbonyl (C=O) groups is 2. The molecule has 0 saturated carbocycles. The number of anilines is 1. The van der Waals surface area contributed by atoms with Gasteiger partial charge in [-0.15, -0.1) is 0 Å². The normalized spacial score (nSPS) is 16.3. The number of halogens is 3. The lowest BCUT2D eigenvalue weighted by Crippen LogP contribution is -2.56. The fourth-order valence-corrected chi connectivity index (χ4v) is 2.81. The fourth-order valence-electron chi connectivity index (χ4n) is 2.64. The third kappa shape index (κ3) is 3.41. The van der Waals surface area contributed by atoms with Gasteiger partial charge in [-0.3, -0.25) is 0 Å². The summed E-state index contributed by atoms with van der Waals surface area (Å²) in [7, 11) is 0. The largest absolute Gasteiger partial charge is 0.480 e. The van der Waals surface area contributed by atoms with E-state index in [4.69, 9.17) is 16.7 Å². The van der Waals surface area contributed by atoms with Gasteiger partial charge >= 0.3 is 12.0 Å². The summed E-state index contributed by atoms with van der Waals surface area (Å²) < 4.78 is 27.2. The molecule has 0 spiro atoms. The molecule has 25 heavy (non-hydrogen) atoms. The van der Waals surface area contributed by atoms with Gasteiger partial charge in [0.2, 0.25) is 0 Å². The molecule has 0 radical (unpaired) electrons. The van der Waals surface area contributed by atoms with E-state index in [2.05, 4.69) is 5.32 Å². The van der Waals surface area contributed by atoms with Gasteiger partial charge in [-0.25, -0.2) is 18.4 Å². The minimum Gasteiger partial charge on any atom is -0.480 e. The second-order valence-corrected chi connectivity index (χ2v) is 6.02. The molecule has 1 saturated heterocycles. The number of benzene rings is 2. The highest BCUT2D eigenvalue weighted by atomic mass is 35.5. The Hall–Kier alpha value is -2.67. The van der Waals surface area contributed by atoms with E-state index in [1.807, 2.05) is 0 Å². The molecule has 8 heteroatoms. The van der Waals surface area contributed by atoms with Crippen molar-refractivity contribution in [1.82, 2.24) is 4.90 Å². The van der Waals surface area contributed by atoms with Gasteiger partial charge in [0, 0.05) is 28.8 Å². The molecule has 1 aliphatic heterocycles. The Labute approximate surface area is 146 Å². The van der Waals surface area contributed by atoms with Gasteiger partial charge in [-0.1, -0.05) is 17.7 Å². The van der Waals surface area contributed by atoms with Crippen molar-refractivity contribution in [3.8, 4) is 11.1 Å². The highest BCUT2D eigenvalue weighted by Gasteiger charge is 2.37. The Bertz CT molecular complexity index is 860. The van der Waals surface area contributed by atoms with E-state index in [1.54, 1.807) is 0 Å².